The standard InChI is InChI=1S/C15H24N4O2/c20-19(21)14-8-7-10-17-15(14)16-9-3-1-4-11-18-12-5-2-6-13-18/h7-8,10H,1-6,9,11-13H2,(H,16,17). The lowest BCUT2D eigenvalue weighted by Crippen LogP contribution is -2.30. The van der Waals surface area contributed by atoms with Crippen molar-refractivity contribution in [3.05, 3.63) is 28.4 Å². The fourth-order valence-electron chi connectivity index (χ4n) is 2.71. The molecule has 0 aliphatic carbocycles. The third-order valence-corrected chi connectivity index (χ3v) is 3.88. The molecule has 6 nitrogen and oxygen atoms in total. The number of hydrogen-bond acceptors (Lipinski definition) is 5. The second-order valence-corrected chi connectivity index (χ2v) is 5.52. The van der Waals surface area contributed by atoms with Crippen LogP contribution in [0.1, 0.15) is 38.5 Å². The Morgan fingerprint density at radius 3 is 2.81 bits per heavy atom. The molecule has 0 amide bonds. The highest BCUT2D eigenvalue weighted by atomic mass is 16.6. The van der Waals surface area contributed by atoms with Crippen LogP contribution in [0.15, 0.2) is 18.3 Å². The van der Waals surface area contributed by atoms with E-state index < -0.39 is 4.92 Å². The van der Waals surface area contributed by atoms with E-state index in [0.717, 1.165) is 19.4 Å². The predicted molar refractivity (Wildman–Crippen MR) is 83.5 cm³/mol. The lowest BCUT2D eigenvalue weighted by atomic mass is 10.1. The van der Waals surface area contributed by atoms with Gasteiger partial charge in [-0.2, -0.15) is 0 Å². The second kappa shape index (κ2) is 8.56. The molecule has 21 heavy (non-hydrogen) atoms. The van der Waals surface area contributed by atoms with E-state index in [0.29, 0.717) is 5.82 Å². The molecule has 2 rings (SSSR count). The summed E-state index contributed by atoms with van der Waals surface area (Å²) in [6.45, 7) is 4.42. The van der Waals surface area contributed by atoms with E-state index in [1.807, 2.05) is 0 Å². The SMILES string of the molecule is O=[N+]([O-])c1cccnc1NCCCCCN1CCCCC1. The van der Waals surface area contributed by atoms with Crippen LogP contribution in [0.5, 0.6) is 0 Å². The summed E-state index contributed by atoms with van der Waals surface area (Å²) in [7, 11) is 0. The molecule has 1 aromatic heterocycles. The molecule has 116 valence electrons. The smallest absolute Gasteiger partial charge is 0.311 e. The normalized spacial score (nSPS) is 15.8. The molecule has 1 saturated heterocycles. The number of anilines is 1. The van der Waals surface area contributed by atoms with Crippen molar-refractivity contribution < 1.29 is 4.92 Å². The van der Waals surface area contributed by atoms with Crippen molar-refractivity contribution in [1.82, 2.24) is 9.88 Å². The zero-order chi connectivity index (χ0) is 14.9. The number of piperidine rings is 1. The van der Waals surface area contributed by atoms with Crippen LogP contribution in [0.25, 0.3) is 0 Å². The Labute approximate surface area is 125 Å². The molecule has 0 saturated carbocycles. The van der Waals surface area contributed by atoms with Gasteiger partial charge in [-0.25, -0.2) is 4.98 Å². The van der Waals surface area contributed by atoms with Crippen LogP contribution in [0.3, 0.4) is 0 Å². The quantitative estimate of drug-likeness (QED) is 0.453. The van der Waals surface area contributed by atoms with Crippen LogP contribution in [-0.2, 0) is 0 Å². The zero-order valence-electron chi connectivity index (χ0n) is 12.5. The Hall–Kier alpha value is -1.69. The fraction of sp³-hybridized carbons (Fsp3) is 0.667. The lowest BCUT2D eigenvalue weighted by molar-refractivity contribution is -0.384. The molecule has 1 N–H and O–H groups in total. The summed E-state index contributed by atoms with van der Waals surface area (Å²) in [6, 6.07) is 3.06. The first kappa shape index (κ1) is 15.7. The van der Waals surface area contributed by atoms with Crippen molar-refractivity contribution in [3.8, 4) is 0 Å². The van der Waals surface area contributed by atoms with E-state index in [1.54, 1.807) is 12.3 Å². The van der Waals surface area contributed by atoms with E-state index in [-0.39, 0.29) is 5.69 Å². The molecular formula is C15H24N4O2. The van der Waals surface area contributed by atoms with Gasteiger partial charge in [0, 0.05) is 18.8 Å². The van der Waals surface area contributed by atoms with Gasteiger partial charge in [-0.05, 0) is 51.4 Å². The number of aromatic nitrogens is 1. The van der Waals surface area contributed by atoms with Gasteiger partial charge < -0.3 is 10.2 Å². The van der Waals surface area contributed by atoms with Gasteiger partial charge >= 0.3 is 5.69 Å². The van der Waals surface area contributed by atoms with Gasteiger partial charge in [-0.1, -0.05) is 12.8 Å². The predicted octanol–water partition coefficient (Wildman–Crippen LogP) is 3.06. The zero-order valence-corrected chi connectivity index (χ0v) is 12.5. The monoisotopic (exact) mass is 292 g/mol. The summed E-state index contributed by atoms with van der Waals surface area (Å²) in [5.41, 5.74) is 0.0471. The number of nitrogens with zero attached hydrogens (tertiary/aromatic N) is 3. The van der Waals surface area contributed by atoms with Crippen LogP contribution in [0, 0.1) is 10.1 Å². The van der Waals surface area contributed by atoms with Crippen molar-refractivity contribution in [1.29, 1.82) is 0 Å². The molecule has 1 fully saturated rings. The topological polar surface area (TPSA) is 71.3 Å². The number of nitrogens with one attached hydrogen (secondary N) is 1. The van der Waals surface area contributed by atoms with Crippen molar-refractivity contribution in [2.75, 3.05) is 31.5 Å². The molecule has 1 aliphatic rings. The van der Waals surface area contributed by atoms with Gasteiger partial charge in [0.1, 0.15) is 0 Å². The number of pyridine rings is 1. The van der Waals surface area contributed by atoms with Gasteiger partial charge in [0.05, 0.1) is 4.92 Å². The molecule has 6 heteroatoms. The highest BCUT2D eigenvalue weighted by molar-refractivity contribution is 5.54. The minimum absolute atomic E-state index is 0.0471. The summed E-state index contributed by atoms with van der Waals surface area (Å²) < 4.78 is 0. The summed E-state index contributed by atoms with van der Waals surface area (Å²) in [5, 5.41) is 13.9. The second-order valence-electron chi connectivity index (χ2n) is 5.52. The number of unbranched alkanes of at least 4 members (excludes halogenated alkanes) is 2. The van der Waals surface area contributed by atoms with Crippen LogP contribution in [-0.4, -0.2) is 41.0 Å². The fourth-order valence-corrected chi connectivity index (χ4v) is 2.71. The van der Waals surface area contributed by atoms with Gasteiger partial charge in [0.15, 0.2) is 0 Å². The van der Waals surface area contributed by atoms with Crippen molar-refractivity contribution >= 4 is 11.5 Å². The minimum atomic E-state index is -0.397. The van der Waals surface area contributed by atoms with Crippen molar-refractivity contribution in [2.24, 2.45) is 0 Å². The number of likely N-dealkylation sites (tertiary alicyclic amines) is 1. The first-order valence-corrected chi connectivity index (χ1v) is 7.83. The summed E-state index contributed by atoms with van der Waals surface area (Å²) in [4.78, 5) is 17.0. The maximum atomic E-state index is 10.9. The Balaban J connectivity index is 1.60. The number of rotatable bonds is 8. The Kier molecular flexibility index (Phi) is 6.40. The van der Waals surface area contributed by atoms with E-state index in [2.05, 4.69) is 15.2 Å². The molecule has 1 aromatic rings. The van der Waals surface area contributed by atoms with Gasteiger partial charge in [-0.3, -0.25) is 10.1 Å². The third kappa shape index (κ3) is 5.30. The molecule has 0 radical (unpaired) electrons. The minimum Gasteiger partial charge on any atom is -0.364 e. The molecule has 1 aliphatic heterocycles. The third-order valence-electron chi connectivity index (χ3n) is 3.88. The summed E-state index contributed by atoms with van der Waals surface area (Å²) >= 11 is 0. The van der Waals surface area contributed by atoms with Crippen LogP contribution in [0.2, 0.25) is 0 Å². The Morgan fingerprint density at radius 2 is 2.05 bits per heavy atom. The maximum Gasteiger partial charge on any atom is 0.311 e. The average molecular weight is 292 g/mol. The first-order chi connectivity index (χ1) is 10.3. The maximum absolute atomic E-state index is 10.9. The Bertz CT molecular complexity index is 447. The van der Waals surface area contributed by atoms with Gasteiger partial charge in [0.25, 0.3) is 0 Å². The molecule has 0 unspecified atom stereocenters. The largest absolute Gasteiger partial charge is 0.364 e. The molecule has 0 aromatic carbocycles. The van der Waals surface area contributed by atoms with E-state index in [1.165, 1.54) is 51.4 Å². The molecule has 2 heterocycles. The summed E-state index contributed by atoms with van der Waals surface area (Å²) in [6.07, 6.45) is 8.99. The van der Waals surface area contributed by atoms with E-state index >= 15 is 0 Å². The molecule has 0 atom stereocenters. The highest BCUT2D eigenvalue weighted by Gasteiger charge is 2.13. The van der Waals surface area contributed by atoms with Crippen LogP contribution >= 0.6 is 0 Å². The van der Waals surface area contributed by atoms with Crippen molar-refractivity contribution in [2.45, 2.75) is 38.5 Å². The van der Waals surface area contributed by atoms with Crippen molar-refractivity contribution in [3.63, 3.8) is 0 Å². The van der Waals surface area contributed by atoms with Crippen LogP contribution in [0.4, 0.5) is 11.5 Å². The molecule has 0 spiro atoms. The summed E-state index contributed by atoms with van der Waals surface area (Å²) in [5.74, 6) is 0.374. The van der Waals surface area contributed by atoms with E-state index in [4.69, 9.17) is 0 Å². The lowest BCUT2D eigenvalue weighted by Gasteiger charge is -2.26. The molecular weight excluding hydrogens is 268 g/mol. The highest BCUT2D eigenvalue weighted by Crippen LogP contribution is 2.20. The van der Waals surface area contributed by atoms with E-state index in [9.17, 15) is 10.1 Å². The van der Waals surface area contributed by atoms with Gasteiger partial charge in [-0.15, -0.1) is 0 Å². The van der Waals surface area contributed by atoms with Crippen LogP contribution < -0.4 is 5.32 Å². The number of hydrogen-bond donors (Lipinski definition) is 1. The van der Waals surface area contributed by atoms with Gasteiger partial charge in [0.2, 0.25) is 5.82 Å². The molecule has 0 bridgehead atoms. The Morgan fingerprint density at radius 1 is 1.24 bits per heavy atom. The number of nitro groups is 1. The first-order valence-electron chi connectivity index (χ1n) is 7.83. The average Bonchev–Trinajstić information content (AvgIpc) is 2.52.